The summed E-state index contributed by atoms with van der Waals surface area (Å²) in [6.07, 6.45) is -0.885. The van der Waals surface area contributed by atoms with E-state index in [0.29, 0.717) is 30.1 Å². The first-order valence-corrected chi connectivity index (χ1v) is 13.0. The molecule has 5 rings (SSSR count). The summed E-state index contributed by atoms with van der Waals surface area (Å²) >= 11 is 0. The third-order valence-corrected chi connectivity index (χ3v) is 7.97. The summed E-state index contributed by atoms with van der Waals surface area (Å²) in [7, 11) is -3.72. The van der Waals surface area contributed by atoms with E-state index in [1.54, 1.807) is 41.3 Å². The second-order valence-electron chi connectivity index (χ2n) is 8.50. The fourth-order valence-corrected chi connectivity index (χ4v) is 6.07. The maximum Gasteiger partial charge on any atom is 0.265 e. The molecule has 7 nitrogen and oxygen atoms in total. The average molecular weight is 478 g/mol. The lowest BCUT2D eigenvalue weighted by Gasteiger charge is -2.40. The van der Waals surface area contributed by atoms with Gasteiger partial charge in [0.25, 0.3) is 5.91 Å². The van der Waals surface area contributed by atoms with Crippen LogP contribution in [0, 0.1) is 0 Å². The van der Waals surface area contributed by atoms with Gasteiger partial charge < -0.3 is 14.5 Å². The number of nitrogens with zero attached hydrogens (tertiary/aromatic N) is 3. The van der Waals surface area contributed by atoms with E-state index in [0.717, 1.165) is 18.8 Å². The van der Waals surface area contributed by atoms with Gasteiger partial charge in [0.05, 0.1) is 18.0 Å². The molecular weight excluding hydrogens is 450 g/mol. The van der Waals surface area contributed by atoms with Crippen molar-refractivity contribution >= 4 is 27.3 Å². The predicted octanol–water partition coefficient (Wildman–Crippen LogP) is 3.13. The number of hydrogen-bond donors (Lipinski definition) is 0. The molecular formula is C26H27N3O4S. The first-order valence-electron chi connectivity index (χ1n) is 11.4. The van der Waals surface area contributed by atoms with Crippen LogP contribution in [0.4, 0.5) is 11.4 Å². The Labute approximate surface area is 200 Å². The van der Waals surface area contributed by atoms with Crippen LogP contribution in [0.5, 0.6) is 5.75 Å². The summed E-state index contributed by atoms with van der Waals surface area (Å²) < 4.78 is 34.2. The molecule has 0 saturated carbocycles. The zero-order chi connectivity index (χ0) is 23.5. The number of para-hydroxylation sites is 3. The minimum atomic E-state index is -3.72. The number of carbonyl (C=O) groups is 1. The van der Waals surface area contributed by atoms with Crippen LogP contribution in [0.25, 0.3) is 0 Å². The number of ether oxygens (including phenoxy) is 1. The van der Waals surface area contributed by atoms with E-state index in [1.807, 2.05) is 36.4 Å². The van der Waals surface area contributed by atoms with Crippen LogP contribution >= 0.6 is 0 Å². The molecule has 1 fully saturated rings. The predicted molar refractivity (Wildman–Crippen MR) is 133 cm³/mol. The van der Waals surface area contributed by atoms with Crippen molar-refractivity contribution < 1.29 is 17.9 Å². The molecule has 0 bridgehead atoms. The quantitative estimate of drug-likeness (QED) is 0.565. The maximum absolute atomic E-state index is 13.4. The summed E-state index contributed by atoms with van der Waals surface area (Å²) in [5.74, 6) is 0.0903. The van der Waals surface area contributed by atoms with Crippen LogP contribution in [0.1, 0.15) is 5.56 Å². The molecule has 0 aliphatic carbocycles. The molecule has 3 aromatic rings. The molecule has 3 aromatic carbocycles. The SMILES string of the molecule is O=C([C@@H]1CN(S(=O)(=O)Cc2ccccc2)c2ccccc2O1)N1CCN(c2ccccc2)CC1. The van der Waals surface area contributed by atoms with Crippen LogP contribution < -0.4 is 13.9 Å². The van der Waals surface area contributed by atoms with Gasteiger partial charge in [-0.15, -0.1) is 0 Å². The molecule has 0 aromatic heterocycles. The Morgan fingerprint density at radius 3 is 2.15 bits per heavy atom. The Kier molecular flexibility index (Phi) is 6.15. The smallest absolute Gasteiger partial charge is 0.265 e. The van der Waals surface area contributed by atoms with E-state index in [-0.39, 0.29) is 18.2 Å². The van der Waals surface area contributed by atoms with Crippen LogP contribution in [-0.2, 0) is 20.6 Å². The van der Waals surface area contributed by atoms with Crippen molar-refractivity contribution in [2.45, 2.75) is 11.9 Å². The number of rotatable bonds is 5. The lowest BCUT2D eigenvalue weighted by molar-refractivity contribution is -0.138. The fourth-order valence-electron chi connectivity index (χ4n) is 4.48. The zero-order valence-corrected chi connectivity index (χ0v) is 19.6. The Morgan fingerprint density at radius 2 is 1.44 bits per heavy atom. The van der Waals surface area contributed by atoms with E-state index in [2.05, 4.69) is 17.0 Å². The molecule has 1 amide bonds. The first kappa shape index (κ1) is 22.3. The minimum absolute atomic E-state index is 0.0378. The molecule has 2 aliphatic heterocycles. The highest BCUT2D eigenvalue weighted by molar-refractivity contribution is 7.92. The average Bonchev–Trinajstić information content (AvgIpc) is 2.88. The number of amides is 1. The second kappa shape index (κ2) is 9.38. The molecule has 1 saturated heterocycles. The van der Waals surface area contributed by atoms with Crippen LogP contribution in [0.2, 0.25) is 0 Å². The number of benzene rings is 3. The number of piperazine rings is 1. The number of hydrogen-bond acceptors (Lipinski definition) is 5. The lowest BCUT2D eigenvalue weighted by Crippen LogP contribution is -2.56. The van der Waals surface area contributed by atoms with Gasteiger partial charge in [-0.1, -0.05) is 60.7 Å². The highest BCUT2D eigenvalue weighted by Crippen LogP contribution is 2.36. The van der Waals surface area contributed by atoms with Crippen molar-refractivity contribution in [2.75, 3.05) is 41.9 Å². The molecule has 0 unspecified atom stereocenters. The Hall–Kier alpha value is -3.52. The zero-order valence-electron chi connectivity index (χ0n) is 18.8. The molecule has 0 radical (unpaired) electrons. The van der Waals surface area contributed by atoms with E-state index in [1.165, 1.54) is 4.31 Å². The molecule has 0 N–H and O–H groups in total. The summed E-state index contributed by atoms with van der Waals surface area (Å²) in [5.41, 5.74) is 2.30. The highest BCUT2D eigenvalue weighted by atomic mass is 32.2. The van der Waals surface area contributed by atoms with Gasteiger partial charge in [-0.3, -0.25) is 9.10 Å². The van der Waals surface area contributed by atoms with Crippen LogP contribution in [0.3, 0.4) is 0 Å². The fraction of sp³-hybridized carbons (Fsp3) is 0.269. The van der Waals surface area contributed by atoms with Gasteiger partial charge in [0, 0.05) is 31.9 Å². The summed E-state index contributed by atoms with van der Waals surface area (Å²) in [5, 5.41) is 0. The number of fused-ring (bicyclic) bond motifs is 1. The Morgan fingerprint density at radius 1 is 0.824 bits per heavy atom. The van der Waals surface area contributed by atoms with Gasteiger partial charge in [-0.25, -0.2) is 8.42 Å². The molecule has 2 aliphatic rings. The van der Waals surface area contributed by atoms with Gasteiger partial charge >= 0.3 is 0 Å². The standard InChI is InChI=1S/C26H27N3O4S/c30-26(28-17-15-27(16-18-28)22-11-5-2-6-12-22)25-19-29(23-13-7-8-14-24(23)33-25)34(31,32)20-21-9-3-1-4-10-21/h1-14,25H,15-20H2/t25-/m0/s1. The molecule has 34 heavy (non-hydrogen) atoms. The van der Waals surface area contributed by atoms with E-state index < -0.39 is 16.1 Å². The normalized spacial score (nSPS) is 18.2. The molecule has 176 valence electrons. The third kappa shape index (κ3) is 4.59. The van der Waals surface area contributed by atoms with Crippen LogP contribution in [-0.4, -0.2) is 58.1 Å². The van der Waals surface area contributed by atoms with Gasteiger partial charge in [0.2, 0.25) is 10.0 Å². The topological polar surface area (TPSA) is 70.2 Å². The molecule has 2 heterocycles. The molecule has 8 heteroatoms. The summed E-state index contributed by atoms with van der Waals surface area (Å²) in [6, 6.07) is 26.2. The first-order chi connectivity index (χ1) is 16.5. The lowest BCUT2D eigenvalue weighted by atomic mass is 10.2. The second-order valence-corrected chi connectivity index (χ2v) is 10.4. The maximum atomic E-state index is 13.4. The minimum Gasteiger partial charge on any atom is -0.476 e. The molecule has 0 spiro atoms. The van der Waals surface area contributed by atoms with Crippen molar-refractivity contribution in [3.63, 3.8) is 0 Å². The summed E-state index contributed by atoms with van der Waals surface area (Å²) in [6.45, 7) is 2.52. The van der Waals surface area contributed by atoms with Gasteiger partial charge in [0.1, 0.15) is 5.75 Å². The van der Waals surface area contributed by atoms with E-state index >= 15 is 0 Å². The van der Waals surface area contributed by atoms with Crippen molar-refractivity contribution in [2.24, 2.45) is 0 Å². The Balaban J connectivity index is 1.33. The van der Waals surface area contributed by atoms with Crippen LogP contribution in [0.15, 0.2) is 84.9 Å². The number of carbonyl (C=O) groups excluding carboxylic acids is 1. The largest absolute Gasteiger partial charge is 0.476 e. The summed E-state index contributed by atoms with van der Waals surface area (Å²) in [4.78, 5) is 17.4. The van der Waals surface area contributed by atoms with E-state index in [9.17, 15) is 13.2 Å². The van der Waals surface area contributed by atoms with Gasteiger partial charge in [-0.2, -0.15) is 0 Å². The molecule has 1 atom stereocenters. The van der Waals surface area contributed by atoms with Crippen molar-refractivity contribution in [3.8, 4) is 5.75 Å². The number of sulfonamides is 1. The highest BCUT2D eigenvalue weighted by Gasteiger charge is 2.39. The third-order valence-electron chi connectivity index (χ3n) is 6.25. The number of anilines is 2. The van der Waals surface area contributed by atoms with Gasteiger partial charge in [-0.05, 0) is 29.8 Å². The van der Waals surface area contributed by atoms with E-state index in [4.69, 9.17) is 4.74 Å². The monoisotopic (exact) mass is 477 g/mol. The van der Waals surface area contributed by atoms with Crippen molar-refractivity contribution in [3.05, 3.63) is 90.5 Å². The van der Waals surface area contributed by atoms with Crippen molar-refractivity contribution in [1.29, 1.82) is 0 Å². The van der Waals surface area contributed by atoms with Crippen molar-refractivity contribution in [1.82, 2.24) is 4.90 Å². The van der Waals surface area contributed by atoms with Gasteiger partial charge in [0.15, 0.2) is 6.10 Å². The Bertz CT molecular complexity index is 1240.